The number of ether oxygens (including phenoxy) is 1. The monoisotopic (exact) mass is 686 g/mol. The molecule has 2 aromatic heterocycles. The van der Waals surface area contributed by atoms with Crippen molar-refractivity contribution < 1.29 is 31.8 Å². The van der Waals surface area contributed by atoms with Gasteiger partial charge in [0.1, 0.15) is 17.3 Å². The number of fused-ring (bicyclic) bond motifs is 8. The summed E-state index contributed by atoms with van der Waals surface area (Å²) in [6, 6.07) is 14.0. The summed E-state index contributed by atoms with van der Waals surface area (Å²) in [5, 5.41) is 14.6. The van der Waals surface area contributed by atoms with Crippen molar-refractivity contribution in [2.24, 2.45) is 5.41 Å². The molecule has 0 aliphatic carbocycles. The first-order chi connectivity index (χ1) is 23.3. The molecule has 254 valence electrons. The maximum Gasteiger partial charge on any atom is 0.303 e. The van der Waals surface area contributed by atoms with E-state index in [-0.39, 0.29) is 52.8 Å². The molecule has 3 aromatic carbocycles. The van der Waals surface area contributed by atoms with Gasteiger partial charge in [0, 0.05) is 46.9 Å². The van der Waals surface area contributed by atoms with E-state index in [0.29, 0.717) is 42.1 Å². The highest BCUT2D eigenvalue weighted by molar-refractivity contribution is 7.91. The summed E-state index contributed by atoms with van der Waals surface area (Å²) < 4.78 is 65.9. The molecule has 49 heavy (non-hydrogen) atoms. The Balaban J connectivity index is 1.49. The summed E-state index contributed by atoms with van der Waals surface area (Å²) in [4.78, 5) is 17.9. The molecule has 0 radical (unpaired) electrons. The Morgan fingerprint density at radius 1 is 1.16 bits per heavy atom. The predicted molar refractivity (Wildman–Crippen MR) is 183 cm³/mol. The lowest BCUT2D eigenvalue weighted by atomic mass is 9.87. The van der Waals surface area contributed by atoms with Crippen LogP contribution in [0.2, 0.25) is 0 Å². The van der Waals surface area contributed by atoms with Gasteiger partial charge in [-0.2, -0.15) is 5.10 Å². The highest BCUT2D eigenvalue weighted by atomic mass is 32.2. The summed E-state index contributed by atoms with van der Waals surface area (Å²) in [5.41, 5.74) is 2.12. The summed E-state index contributed by atoms with van der Waals surface area (Å²) in [7, 11) is -3.60. The second kappa shape index (κ2) is 13.5. The van der Waals surface area contributed by atoms with Gasteiger partial charge in [-0.25, -0.2) is 22.0 Å². The molecule has 0 saturated carbocycles. The van der Waals surface area contributed by atoms with Crippen molar-refractivity contribution in [3.8, 4) is 22.8 Å². The first-order valence-corrected chi connectivity index (χ1v) is 17.9. The Morgan fingerprint density at radius 2 is 1.98 bits per heavy atom. The van der Waals surface area contributed by atoms with Gasteiger partial charge in [-0.15, -0.1) is 0 Å². The second-order valence-electron chi connectivity index (χ2n) is 13.4. The lowest BCUT2D eigenvalue weighted by Gasteiger charge is -2.26. The third-order valence-corrected chi connectivity index (χ3v) is 11.0. The molecule has 4 bridgehead atoms. The first kappa shape index (κ1) is 33.9. The molecule has 9 nitrogen and oxygen atoms in total. The van der Waals surface area contributed by atoms with Crippen LogP contribution in [-0.2, 0) is 27.5 Å². The van der Waals surface area contributed by atoms with Gasteiger partial charge >= 0.3 is 5.97 Å². The average Bonchev–Trinajstić information content (AvgIpc) is 3.69. The number of nitrogens with one attached hydrogen (secondary N) is 1. The number of hydrogen-bond donors (Lipinski definition) is 2. The van der Waals surface area contributed by atoms with Crippen molar-refractivity contribution in [1.82, 2.24) is 14.8 Å². The predicted octanol–water partition coefficient (Wildman–Crippen LogP) is 8.43. The Labute approximate surface area is 283 Å². The summed E-state index contributed by atoms with van der Waals surface area (Å²) in [6.07, 6.45) is 5.18. The highest BCUT2D eigenvalue weighted by Gasteiger charge is 2.29. The number of aliphatic carboxylic acids is 1. The minimum Gasteiger partial charge on any atom is -0.481 e. The van der Waals surface area contributed by atoms with Gasteiger partial charge in [-0.3, -0.25) is 9.48 Å². The highest BCUT2D eigenvalue weighted by Crippen LogP contribution is 2.40. The van der Waals surface area contributed by atoms with E-state index in [1.807, 2.05) is 38.1 Å². The van der Waals surface area contributed by atoms with E-state index < -0.39 is 38.9 Å². The van der Waals surface area contributed by atoms with Crippen LogP contribution >= 0.6 is 0 Å². The zero-order valence-corrected chi connectivity index (χ0v) is 28.0. The molecule has 5 aromatic rings. The molecule has 0 spiro atoms. The first-order valence-electron chi connectivity index (χ1n) is 16.1. The fourth-order valence-corrected chi connectivity index (χ4v) is 8.69. The van der Waals surface area contributed by atoms with Gasteiger partial charge < -0.3 is 14.8 Å². The lowest BCUT2D eigenvalue weighted by molar-refractivity contribution is -0.136. The number of aromatic nitrogens is 3. The van der Waals surface area contributed by atoms with Gasteiger partial charge in [-0.05, 0) is 66.5 Å². The molecular weight excluding hydrogens is 650 g/mol. The van der Waals surface area contributed by atoms with Crippen LogP contribution in [0.25, 0.3) is 27.0 Å². The second-order valence-corrected chi connectivity index (χ2v) is 15.5. The van der Waals surface area contributed by atoms with Crippen molar-refractivity contribution >= 4 is 32.4 Å². The number of aryl methyl sites for hydroxylation is 2. The molecule has 0 saturated heterocycles. The minimum atomic E-state index is -3.60. The van der Waals surface area contributed by atoms with Crippen molar-refractivity contribution in [2.75, 3.05) is 11.5 Å². The number of benzene rings is 3. The van der Waals surface area contributed by atoms with E-state index in [2.05, 4.69) is 9.83 Å². The van der Waals surface area contributed by atoms with Crippen molar-refractivity contribution in [3.63, 3.8) is 0 Å². The Morgan fingerprint density at radius 3 is 2.76 bits per heavy atom. The van der Waals surface area contributed by atoms with Crippen LogP contribution < -0.4 is 4.74 Å². The number of nitrogens with zero attached hydrogens (tertiary/aromatic N) is 3. The molecule has 6 rings (SSSR count). The van der Waals surface area contributed by atoms with Crippen LogP contribution in [0.5, 0.6) is 11.5 Å². The number of hydrogen-bond acceptors (Lipinski definition) is 5. The number of sulfone groups is 1. The van der Waals surface area contributed by atoms with Gasteiger partial charge in [0.15, 0.2) is 21.4 Å². The third kappa shape index (κ3) is 7.52. The number of aromatic amines is 1. The molecule has 2 N–H and O–H groups in total. The SMILES string of the molecule is [C-]#[N+]c1cn2nc1-c1cc(ccc1F)Oc1c(F)cc3[nH]ccc3c1CCS(=O)(=O)CC(C)(C)CCCC2c1cccc(CCC(=O)O)c1. The number of carboxylic acid groups (broad SMARTS) is 1. The summed E-state index contributed by atoms with van der Waals surface area (Å²) >= 11 is 0. The van der Waals surface area contributed by atoms with E-state index in [1.165, 1.54) is 18.2 Å². The minimum absolute atomic E-state index is 0.000478. The number of H-pyrrole nitrogens is 1. The number of rotatable bonds is 4. The maximum atomic E-state index is 15.6. The van der Waals surface area contributed by atoms with Crippen molar-refractivity contribution in [2.45, 2.75) is 58.4 Å². The Kier molecular flexibility index (Phi) is 9.31. The molecule has 3 heterocycles. The fourth-order valence-electron chi connectivity index (χ4n) is 6.69. The Hall–Kier alpha value is -5.02. The van der Waals surface area contributed by atoms with Crippen molar-refractivity contribution in [1.29, 1.82) is 0 Å². The van der Waals surface area contributed by atoms with Crippen LogP contribution in [0.1, 0.15) is 62.3 Å². The van der Waals surface area contributed by atoms with Crippen molar-refractivity contribution in [3.05, 3.63) is 107 Å². The van der Waals surface area contributed by atoms with Gasteiger partial charge in [0.25, 0.3) is 0 Å². The molecule has 0 fully saturated rings. The number of carboxylic acids is 1. The third-order valence-electron chi connectivity index (χ3n) is 9.00. The van der Waals surface area contributed by atoms with E-state index in [0.717, 1.165) is 17.2 Å². The summed E-state index contributed by atoms with van der Waals surface area (Å²) in [6.45, 7) is 11.7. The zero-order valence-electron chi connectivity index (χ0n) is 27.2. The maximum absolute atomic E-state index is 15.6. The molecule has 12 heteroatoms. The lowest BCUT2D eigenvalue weighted by Crippen LogP contribution is -2.27. The van der Waals surface area contributed by atoms with Gasteiger partial charge in [0.05, 0.1) is 24.1 Å². The van der Waals surface area contributed by atoms with E-state index in [1.54, 1.807) is 23.1 Å². The smallest absolute Gasteiger partial charge is 0.303 e. The number of halogens is 2. The van der Waals surface area contributed by atoms with E-state index in [4.69, 9.17) is 16.4 Å². The molecule has 1 aliphatic rings. The molecule has 1 atom stereocenters. The number of carbonyl (C=O) groups is 1. The van der Waals surface area contributed by atoms with Gasteiger partial charge in [-0.1, -0.05) is 44.5 Å². The van der Waals surface area contributed by atoms with Crippen LogP contribution in [0.15, 0.2) is 67.0 Å². The van der Waals surface area contributed by atoms with Gasteiger partial charge in [0.2, 0.25) is 5.69 Å². The fraction of sp³-hybridized carbons (Fsp3) is 0.324. The standard InChI is InChI=1S/C37H36F2N4O5S/c1-37(2)15-5-8-33(24-7-4-6-23(18-24)9-12-34(44)45)43-21-32(40-3)35(42-43)28-19-25(10-11-29(28)38)48-36-27(14-17-49(46,47)22-37)26-13-16-41-31(26)20-30(36)39/h4,6-7,10-11,13,16,18-21,33,41H,5,8-9,12,14-15,17,22H2,1-2H3,(H,44,45). The normalized spacial score (nSPS) is 17.7. The van der Waals surface area contributed by atoms with Crippen LogP contribution in [-0.4, -0.2) is 45.8 Å². The zero-order chi connectivity index (χ0) is 34.9. The summed E-state index contributed by atoms with van der Waals surface area (Å²) in [5.74, 6) is -2.63. The van der Waals surface area contributed by atoms with Crippen LogP contribution in [0.3, 0.4) is 0 Å². The van der Waals surface area contributed by atoms with E-state index >= 15 is 8.78 Å². The molecule has 0 amide bonds. The molecular formula is C37H36F2N4O5S. The molecule has 1 aliphatic heterocycles. The topological polar surface area (TPSA) is 119 Å². The van der Waals surface area contributed by atoms with E-state index in [9.17, 15) is 18.3 Å². The van der Waals surface area contributed by atoms with Crippen LogP contribution in [0.4, 0.5) is 14.5 Å². The largest absolute Gasteiger partial charge is 0.481 e. The molecule has 1 unspecified atom stereocenters. The average molecular weight is 687 g/mol. The quantitative estimate of drug-likeness (QED) is 0.183. The van der Waals surface area contributed by atoms with Crippen LogP contribution in [0, 0.1) is 23.6 Å². The Bertz CT molecular complexity index is 2200.